The molecule has 1 aromatic carbocycles. The molecule has 16 heteroatoms. The van der Waals surface area contributed by atoms with Crippen LogP contribution in [0.25, 0.3) is 0 Å². The number of benzene rings is 1. The zero-order chi connectivity index (χ0) is 47.0. The molecule has 0 aliphatic carbocycles. The van der Waals surface area contributed by atoms with Gasteiger partial charge in [-0.3, -0.25) is 19.3 Å². The topological polar surface area (TPSA) is 214 Å². The van der Waals surface area contributed by atoms with Gasteiger partial charge in [0.05, 0.1) is 36.4 Å². The number of epoxide rings is 1. The molecule has 2 heterocycles. The van der Waals surface area contributed by atoms with Crippen molar-refractivity contribution in [1.29, 1.82) is 0 Å². The minimum absolute atomic E-state index is 0.0182. The van der Waals surface area contributed by atoms with Crippen molar-refractivity contribution in [2.24, 2.45) is 11.8 Å². The summed E-state index contributed by atoms with van der Waals surface area (Å²) in [7, 11) is 1.68. The number of methoxy groups -OCH3 is 1. The van der Waals surface area contributed by atoms with Gasteiger partial charge >= 0.3 is 18.0 Å². The van der Waals surface area contributed by atoms with E-state index in [4.69, 9.17) is 45.2 Å². The predicted octanol–water partition coefficient (Wildman–Crippen LogP) is 6.15. The summed E-state index contributed by atoms with van der Waals surface area (Å²) in [6, 6.07) is 6.85. The molecule has 0 bridgehead atoms. The van der Waals surface area contributed by atoms with Gasteiger partial charge in [-0.1, -0.05) is 68.8 Å². The molecule has 3 rings (SSSR count). The number of alkyl carbamates (subject to hydrolysis) is 1. The standard InChI is InChI=1S/C45H69ClN2O11.CH2O2/c1-12-35(55-11)30(4)39-40(58-39)41(48(27-32-16-18-33(46)19-17-32)25-24-47-42(52)59-43(6,7)8)45(10,54)22-13-14-28(2)38-29(3)15-20-36(56-31(5)49)44(9,53)23-21-34(50)26-37(51)57-38;2-1-3/h13-20,22,29-30,34-36,38-41,50,53-54H,12,21,23-27H2,1-11H3,(H,47,52);1H,(H,2,3)/b20-15+,22-13+,28-14+;/t29-,30+,34+,35-,36-,38?,39+,40-,41?,44+,45?;/m0./s1. The van der Waals surface area contributed by atoms with Gasteiger partial charge in [0, 0.05) is 50.5 Å². The average molecular weight is 896 g/mol. The molecule has 3 unspecified atom stereocenters. The number of carboxylic acid groups (broad SMARTS) is 1. The van der Waals surface area contributed by atoms with E-state index in [1.807, 2.05) is 31.2 Å². The van der Waals surface area contributed by atoms with Crippen molar-refractivity contribution in [1.82, 2.24) is 10.2 Å². The Labute approximate surface area is 372 Å². The van der Waals surface area contributed by atoms with Crippen molar-refractivity contribution in [2.75, 3.05) is 20.2 Å². The van der Waals surface area contributed by atoms with E-state index >= 15 is 0 Å². The molecular formula is C46H71ClN2O13. The Morgan fingerprint density at radius 2 is 1.76 bits per heavy atom. The third-order valence-corrected chi connectivity index (χ3v) is 11.2. The van der Waals surface area contributed by atoms with Crippen LogP contribution >= 0.6 is 11.6 Å². The lowest BCUT2D eigenvalue weighted by Gasteiger charge is -2.39. The molecule has 0 radical (unpaired) electrons. The van der Waals surface area contributed by atoms with Crippen molar-refractivity contribution in [3.8, 4) is 0 Å². The number of rotatable bonds is 16. The van der Waals surface area contributed by atoms with Gasteiger partial charge in [-0.25, -0.2) is 4.79 Å². The first kappa shape index (κ1) is 54.3. The second-order valence-electron chi connectivity index (χ2n) is 17.6. The van der Waals surface area contributed by atoms with Gasteiger partial charge < -0.3 is 49.4 Å². The number of cyclic esters (lactones) is 1. The van der Waals surface area contributed by atoms with E-state index in [0.717, 1.165) is 12.0 Å². The number of halogens is 1. The molecule has 5 N–H and O–H groups in total. The summed E-state index contributed by atoms with van der Waals surface area (Å²) in [5.74, 6) is -1.59. The molecule has 2 aliphatic heterocycles. The lowest BCUT2D eigenvalue weighted by atomic mass is 9.85. The Morgan fingerprint density at radius 3 is 2.32 bits per heavy atom. The minimum atomic E-state index is -1.51. The van der Waals surface area contributed by atoms with Gasteiger partial charge in [0.1, 0.15) is 29.5 Å². The fraction of sp³-hybridized carbons (Fsp3) is 0.652. The van der Waals surface area contributed by atoms with Crippen LogP contribution in [0.15, 0.2) is 60.2 Å². The van der Waals surface area contributed by atoms with Gasteiger partial charge in [0.15, 0.2) is 0 Å². The number of aliphatic hydroxyl groups is 3. The number of ether oxygens (including phenoxy) is 5. The van der Waals surface area contributed by atoms with Crippen LogP contribution in [-0.4, -0.2) is 129 Å². The normalized spacial score (nSPS) is 27.7. The van der Waals surface area contributed by atoms with Crippen molar-refractivity contribution < 1.29 is 63.3 Å². The van der Waals surface area contributed by atoms with E-state index in [1.165, 1.54) is 13.8 Å². The highest BCUT2D eigenvalue weighted by atomic mass is 35.5. The first-order chi connectivity index (χ1) is 28.9. The molecule has 1 amide bonds. The summed E-state index contributed by atoms with van der Waals surface area (Å²) in [6.45, 7) is 18.4. The number of nitrogens with zero attached hydrogens (tertiary/aromatic N) is 1. The Kier molecular flexibility index (Phi) is 21.8. The number of allylic oxidation sites excluding steroid dienone is 2. The van der Waals surface area contributed by atoms with E-state index in [9.17, 15) is 29.7 Å². The largest absolute Gasteiger partial charge is 0.483 e. The SMILES string of the molecule is CC[C@H](OC)[C@@H](C)[C@H]1O[C@@H]1C(N(CCNC(=O)OC(C)(C)C)Cc1ccc(Cl)cc1)C(C)(O)/C=C/C=C(\C)C1OC(=O)C[C@H](O)CC[C@@](C)(O)[C@@H](OC(C)=O)/C=C/[C@@H]1C.O=CO. The van der Waals surface area contributed by atoms with Crippen molar-refractivity contribution in [3.63, 3.8) is 0 Å². The molecular weight excluding hydrogens is 824 g/mol. The van der Waals surface area contributed by atoms with Gasteiger partial charge in [0.25, 0.3) is 6.47 Å². The van der Waals surface area contributed by atoms with Gasteiger partial charge in [0.2, 0.25) is 0 Å². The molecule has 15 nitrogen and oxygen atoms in total. The van der Waals surface area contributed by atoms with Gasteiger partial charge in [-0.05, 0) is 90.2 Å². The maximum Gasteiger partial charge on any atom is 0.407 e. The maximum absolute atomic E-state index is 13.1. The number of carbonyl (C=O) groups excluding carboxylic acids is 3. The van der Waals surface area contributed by atoms with Crippen molar-refractivity contribution in [2.45, 2.75) is 161 Å². The zero-order valence-electron chi connectivity index (χ0n) is 38.2. The van der Waals surface area contributed by atoms with E-state index in [1.54, 1.807) is 72.1 Å². The molecule has 2 aliphatic rings. The third-order valence-electron chi connectivity index (χ3n) is 10.9. The molecule has 1 aromatic rings. The Bertz CT molecular complexity index is 1670. The van der Waals surface area contributed by atoms with Gasteiger partial charge in [-0.15, -0.1) is 0 Å². The fourth-order valence-electron chi connectivity index (χ4n) is 7.66. The second kappa shape index (κ2) is 24.9. The zero-order valence-corrected chi connectivity index (χ0v) is 39.0. The summed E-state index contributed by atoms with van der Waals surface area (Å²) >= 11 is 6.24. The molecule has 1 saturated heterocycles. The highest BCUT2D eigenvalue weighted by molar-refractivity contribution is 6.30. The van der Waals surface area contributed by atoms with Crippen LogP contribution in [0.5, 0.6) is 0 Å². The molecule has 0 spiro atoms. The van der Waals surface area contributed by atoms with Crippen LogP contribution in [0.3, 0.4) is 0 Å². The van der Waals surface area contributed by atoms with E-state index in [0.29, 0.717) is 23.7 Å². The molecule has 350 valence electrons. The maximum atomic E-state index is 13.1. The molecule has 62 heavy (non-hydrogen) atoms. The Morgan fingerprint density at radius 1 is 1.13 bits per heavy atom. The minimum Gasteiger partial charge on any atom is -0.483 e. The van der Waals surface area contributed by atoms with E-state index < -0.39 is 71.2 Å². The van der Waals surface area contributed by atoms with Crippen LogP contribution in [0, 0.1) is 11.8 Å². The summed E-state index contributed by atoms with van der Waals surface area (Å²) in [5, 5.41) is 44.7. The highest BCUT2D eigenvalue weighted by Crippen LogP contribution is 2.41. The smallest absolute Gasteiger partial charge is 0.407 e. The van der Waals surface area contributed by atoms with Crippen molar-refractivity contribution in [3.05, 3.63) is 70.8 Å². The summed E-state index contributed by atoms with van der Waals surface area (Å²) < 4.78 is 29.1. The number of carbonyl (C=O) groups is 4. The van der Waals surface area contributed by atoms with Gasteiger partial charge in [-0.2, -0.15) is 0 Å². The third kappa shape index (κ3) is 18.1. The van der Waals surface area contributed by atoms with Crippen LogP contribution < -0.4 is 5.32 Å². The Hall–Kier alpha value is -3.83. The Balaban J connectivity index is 0.00000428. The fourth-order valence-corrected chi connectivity index (χ4v) is 7.79. The quantitative estimate of drug-likeness (QED) is 0.0315. The number of aliphatic hydroxyl groups excluding tert-OH is 1. The number of amides is 1. The molecule has 0 aromatic heterocycles. The first-order valence-electron chi connectivity index (χ1n) is 21.1. The lowest BCUT2D eigenvalue weighted by molar-refractivity contribution is -0.157. The van der Waals surface area contributed by atoms with E-state index in [2.05, 4.69) is 24.1 Å². The lowest BCUT2D eigenvalue weighted by Crippen LogP contribution is -2.55. The highest BCUT2D eigenvalue weighted by Gasteiger charge is 2.56. The summed E-state index contributed by atoms with van der Waals surface area (Å²) in [6.07, 6.45) is 5.06. The first-order valence-corrected chi connectivity index (χ1v) is 21.5. The summed E-state index contributed by atoms with van der Waals surface area (Å²) in [4.78, 5) is 48.1. The van der Waals surface area contributed by atoms with Crippen LogP contribution in [-0.2, 0) is 44.6 Å². The number of hydrogen-bond donors (Lipinski definition) is 5. The van der Waals surface area contributed by atoms with Crippen LogP contribution in [0.1, 0.15) is 100 Å². The second-order valence-corrected chi connectivity index (χ2v) is 18.1. The molecule has 11 atom stereocenters. The number of esters is 2. The van der Waals surface area contributed by atoms with Crippen LogP contribution in [0.2, 0.25) is 5.02 Å². The summed E-state index contributed by atoms with van der Waals surface area (Å²) in [5.41, 5.74) is -2.10. The monoisotopic (exact) mass is 894 g/mol. The van der Waals surface area contributed by atoms with E-state index in [-0.39, 0.29) is 50.4 Å². The number of nitrogens with one attached hydrogen (secondary N) is 1. The number of hydrogen-bond acceptors (Lipinski definition) is 13. The molecule has 0 saturated carbocycles. The molecule has 1 fully saturated rings. The average Bonchev–Trinajstić information content (AvgIpc) is 3.94. The predicted molar refractivity (Wildman–Crippen MR) is 235 cm³/mol. The van der Waals surface area contributed by atoms with Crippen LogP contribution in [0.4, 0.5) is 4.79 Å². The van der Waals surface area contributed by atoms with Crippen molar-refractivity contribution >= 4 is 36.1 Å².